The van der Waals surface area contributed by atoms with Crippen molar-refractivity contribution in [3.8, 4) is 0 Å². The standard InChI is InChI=1S/C11H13N3O2/c1-7-4-8(2)14-10(5-15)9(6-16-3)13-11(14)12-7/h4-5H,6H2,1-3H3. The Labute approximate surface area is 93.1 Å². The van der Waals surface area contributed by atoms with Gasteiger partial charge in [0.1, 0.15) is 5.69 Å². The van der Waals surface area contributed by atoms with Crippen molar-refractivity contribution in [3.05, 3.63) is 28.8 Å². The number of aryl methyl sites for hydroxylation is 2. The number of carbonyl (C=O) groups is 1. The van der Waals surface area contributed by atoms with E-state index in [2.05, 4.69) is 9.97 Å². The number of imidazole rings is 1. The van der Waals surface area contributed by atoms with E-state index in [9.17, 15) is 4.79 Å². The van der Waals surface area contributed by atoms with E-state index in [0.29, 0.717) is 23.8 Å². The molecule has 0 aliphatic heterocycles. The number of fused-ring (bicyclic) bond motifs is 1. The first-order chi connectivity index (χ1) is 7.67. The van der Waals surface area contributed by atoms with Crippen LogP contribution in [-0.4, -0.2) is 27.8 Å². The first kappa shape index (κ1) is 10.8. The molecule has 0 fully saturated rings. The predicted molar refractivity (Wildman–Crippen MR) is 58.6 cm³/mol. The monoisotopic (exact) mass is 219 g/mol. The second-order valence-electron chi connectivity index (χ2n) is 3.67. The Morgan fingerprint density at radius 2 is 2.19 bits per heavy atom. The average Bonchev–Trinajstić information content (AvgIpc) is 2.56. The van der Waals surface area contributed by atoms with Gasteiger partial charge in [-0.1, -0.05) is 0 Å². The highest BCUT2D eigenvalue weighted by atomic mass is 16.5. The van der Waals surface area contributed by atoms with Crippen LogP contribution in [0.4, 0.5) is 0 Å². The Morgan fingerprint density at radius 3 is 2.81 bits per heavy atom. The third-order valence-corrected chi connectivity index (χ3v) is 2.41. The number of aldehydes is 1. The van der Waals surface area contributed by atoms with Gasteiger partial charge in [0.15, 0.2) is 6.29 Å². The maximum absolute atomic E-state index is 11.1. The van der Waals surface area contributed by atoms with E-state index >= 15 is 0 Å². The molecule has 0 aromatic carbocycles. The van der Waals surface area contributed by atoms with Crippen molar-refractivity contribution in [2.75, 3.05) is 7.11 Å². The largest absolute Gasteiger partial charge is 0.378 e. The minimum Gasteiger partial charge on any atom is -0.378 e. The highest BCUT2D eigenvalue weighted by molar-refractivity contribution is 5.76. The first-order valence-corrected chi connectivity index (χ1v) is 4.97. The normalized spacial score (nSPS) is 10.9. The number of hydrogen-bond acceptors (Lipinski definition) is 4. The maximum Gasteiger partial charge on any atom is 0.235 e. The molecule has 16 heavy (non-hydrogen) atoms. The van der Waals surface area contributed by atoms with Gasteiger partial charge in [-0.3, -0.25) is 9.20 Å². The Morgan fingerprint density at radius 1 is 1.44 bits per heavy atom. The molecule has 0 radical (unpaired) electrons. The Bertz CT molecular complexity index is 546. The lowest BCUT2D eigenvalue weighted by molar-refractivity contribution is 0.111. The fourth-order valence-electron chi connectivity index (χ4n) is 1.81. The summed E-state index contributed by atoms with van der Waals surface area (Å²) in [4.78, 5) is 19.6. The number of aromatic nitrogens is 3. The highest BCUT2D eigenvalue weighted by Crippen LogP contribution is 2.14. The SMILES string of the molecule is COCc1nc2nc(C)cc(C)n2c1C=O. The van der Waals surface area contributed by atoms with Crippen molar-refractivity contribution in [2.24, 2.45) is 0 Å². The fraction of sp³-hybridized carbons (Fsp3) is 0.364. The molecule has 0 bridgehead atoms. The van der Waals surface area contributed by atoms with Crippen molar-refractivity contribution in [2.45, 2.75) is 20.5 Å². The minimum atomic E-state index is 0.315. The molecule has 0 spiro atoms. The summed E-state index contributed by atoms with van der Waals surface area (Å²) in [6.07, 6.45) is 0.790. The summed E-state index contributed by atoms with van der Waals surface area (Å²) in [5, 5.41) is 0. The van der Waals surface area contributed by atoms with Crippen LogP contribution in [0.2, 0.25) is 0 Å². The lowest BCUT2D eigenvalue weighted by Gasteiger charge is -2.02. The van der Waals surface area contributed by atoms with Crippen LogP contribution in [0.25, 0.3) is 5.78 Å². The van der Waals surface area contributed by atoms with E-state index in [-0.39, 0.29) is 0 Å². The summed E-state index contributed by atoms with van der Waals surface area (Å²) >= 11 is 0. The van der Waals surface area contributed by atoms with Gasteiger partial charge in [0, 0.05) is 18.5 Å². The Hall–Kier alpha value is -1.75. The molecule has 5 heteroatoms. The highest BCUT2D eigenvalue weighted by Gasteiger charge is 2.13. The quantitative estimate of drug-likeness (QED) is 0.730. The Kier molecular flexibility index (Phi) is 2.70. The summed E-state index contributed by atoms with van der Waals surface area (Å²) in [7, 11) is 1.57. The van der Waals surface area contributed by atoms with Gasteiger partial charge in [0.25, 0.3) is 0 Å². The molecule has 0 saturated heterocycles. The van der Waals surface area contributed by atoms with Crippen LogP contribution < -0.4 is 0 Å². The van der Waals surface area contributed by atoms with Gasteiger partial charge < -0.3 is 4.74 Å². The smallest absolute Gasteiger partial charge is 0.235 e. The number of ether oxygens (including phenoxy) is 1. The molecule has 0 N–H and O–H groups in total. The molecule has 0 saturated carbocycles. The van der Waals surface area contributed by atoms with Crippen molar-refractivity contribution in [1.29, 1.82) is 0 Å². The number of rotatable bonds is 3. The summed E-state index contributed by atoms with van der Waals surface area (Å²) < 4.78 is 6.75. The molecule has 2 heterocycles. The lowest BCUT2D eigenvalue weighted by Crippen LogP contribution is -2.01. The molecule has 0 unspecified atom stereocenters. The maximum atomic E-state index is 11.1. The van der Waals surface area contributed by atoms with Gasteiger partial charge in [0.2, 0.25) is 5.78 Å². The summed E-state index contributed by atoms with van der Waals surface area (Å²) in [6, 6.07) is 1.91. The fourth-order valence-corrected chi connectivity index (χ4v) is 1.81. The van der Waals surface area contributed by atoms with Crippen molar-refractivity contribution in [3.63, 3.8) is 0 Å². The molecule has 2 aromatic heterocycles. The minimum absolute atomic E-state index is 0.315. The van der Waals surface area contributed by atoms with E-state index in [1.807, 2.05) is 19.9 Å². The van der Waals surface area contributed by atoms with E-state index in [0.717, 1.165) is 17.7 Å². The van der Waals surface area contributed by atoms with Gasteiger partial charge in [-0.05, 0) is 19.9 Å². The number of hydrogen-bond donors (Lipinski definition) is 0. The predicted octanol–water partition coefficient (Wildman–Crippen LogP) is 1.31. The zero-order valence-electron chi connectivity index (χ0n) is 9.52. The molecule has 0 aliphatic carbocycles. The van der Waals surface area contributed by atoms with Gasteiger partial charge >= 0.3 is 0 Å². The molecular weight excluding hydrogens is 206 g/mol. The third-order valence-electron chi connectivity index (χ3n) is 2.41. The van der Waals surface area contributed by atoms with Crippen molar-refractivity contribution in [1.82, 2.24) is 14.4 Å². The molecule has 84 valence electrons. The van der Waals surface area contributed by atoms with Gasteiger partial charge in [-0.2, -0.15) is 0 Å². The topological polar surface area (TPSA) is 56.5 Å². The summed E-state index contributed by atoms with van der Waals surface area (Å²) in [5.41, 5.74) is 2.97. The first-order valence-electron chi connectivity index (χ1n) is 4.97. The number of methoxy groups -OCH3 is 1. The molecule has 2 aromatic rings. The van der Waals surface area contributed by atoms with Crippen LogP contribution in [0.15, 0.2) is 6.07 Å². The molecule has 0 aliphatic rings. The van der Waals surface area contributed by atoms with E-state index in [1.54, 1.807) is 11.5 Å². The van der Waals surface area contributed by atoms with Crippen LogP contribution in [0, 0.1) is 13.8 Å². The lowest BCUT2D eigenvalue weighted by atomic mass is 10.3. The summed E-state index contributed by atoms with van der Waals surface area (Å²) in [5.74, 6) is 0.548. The van der Waals surface area contributed by atoms with Crippen LogP contribution >= 0.6 is 0 Å². The second kappa shape index (κ2) is 4.02. The van der Waals surface area contributed by atoms with Crippen LogP contribution in [0.3, 0.4) is 0 Å². The summed E-state index contributed by atoms with van der Waals surface area (Å²) in [6.45, 7) is 4.14. The average molecular weight is 219 g/mol. The zero-order chi connectivity index (χ0) is 11.7. The van der Waals surface area contributed by atoms with Crippen molar-refractivity contribution < 1.29 is 9.53 Å². The van der Waals surface area contributed by atoms with Crippen LogP contribution in [0.5, 0.6) is 0 Å². The van der Waals surface area contributed by atoms with Crippen LogP contribution in [-0.2, 0) is 11.3 Å². The van der Waals surface area contributed by atoms with Gasteiger partial charge in [-0.25, -0.2) is 9.97 Å². The van der Waals surface area contributed by atoms with Crippen molar-refractivity contribution >= 4 is 12.1 Å². The van der Waals surface area contributed by atoms with Gasteiger partial charge in [-0.15, -0.1) is 0 Å². The molecular formula is C11H13N3O2. The van der Waals surface area contributed by atoms with Crippen LogP contribution in [0.1, 0.15) is 27.6 Å². The Balaban J connectivity index is 2.76. The number of carbonyl (C=O) groups excluding carboxylic acids is 1. The molecule has 2 rings (SSSR count). The third kappa shape index (κ3) is 1.59. The van der Waals surface area contributed by atoms with E-state index in [1.165, 1.54) is 0 Å². The zero-order valence-corrected chi connectivity index (χ0v) is 9.52. The van der Waals surface area contributed by atoms with E-state index in [4.69, 9.17) is 4.74 Å². The number of nitrogens with zero attached hydrogens (tertiary/aromatic N) is 3. The second-order valence-corrected chi connectivity index (χ2v) is 3.67. The van der Waals surface area contributed by atoms with E-state index < -0.39 is 0 Å². The molecule has 5 nitrogen and oxygen atoms in total. The molecule has 0 amide bonds. The van der Waals surface area contributed by atoms with Gasteiger partial charge in [0.05, 0.1) is 12.3 Å². The molecule has 0 atom stereocenters.